The predicted molar refractivity (Wildman–Crippen MR) is 133 cm³/mol. The summed E-state index contributed by atoms with van der Waals surface area (Å²) in [6.07, 6.45) is 0. The van der Waals surface area contributed by atoms with E-state index in [1.165, 1.54) is 6.07 Å². The van der Waals surface area contributed by atoms with Crippen molar-refractivity contribution < 1.29 is 24.2 Å². The summed E-state index contributed by atoms with van der Waals surface area (Å²) >= 11 is 6.01. The molecular formula is C25H29ClN4O5. The van der Waals surface area contributed by atoms with Gasteiger partial charge in [-0.1, -0.05) is 17.7 Å². The first-order valence-corrected chi connectivity index (χ1v) is 12.1. The third-order valence-corrected chi connectivity index (χ3v) is 6.28. The molecule has 9 nitrogen and oxygen atoms in total. The number of aromatic hydroxyl groups is 1. The van der Waals surface area contributed by atoms with Crippen LogP contribution in [0.5, 0.6) is 11.5 Å². The number of aliphatic imine (C=N–C) groups is 1. The average molecular weight is 501 g/mol. The lowest BCUT2D eigenvalue weighted by Crippen LogP contribution is -2.57. The molecule has 35 heavy (non-hydrogen) atoms. The molecule has 0 spiro atoms. The second-order valence-electron chi connectivity index (χ2n) is 8.23. The largest absolute Gasteiger partial charge is 0.504 e. The topological polar surface area (TPSA) is 104 Å². The number of nitrogens with zero attached hydrogens (tertiary/aromatic N) is 3. The maximum atomic E-state index is 13.1. The Morgan fingerprint density at radius 2 is 1.77 bits per heavy atom. The first kappa shape index (κ1) is 24.7. The average Bonchev–Trinajstić information content (AvgIpc) is 2.86. The van der Waals surface area contributed by atoms with Crippen molar-refractivity contribution in [1.29, 1.82) is 0 Å². The summed E-state index contributed by atoms with van der Waals surface area (Å²) in [6.45, 7) is 6.75. The van der Waals surface area contributed by atoms with Crippen LogP contribution in [0.3, 0.4) is 0 Å². The highest BCUT2D eigenvalue weighted by atomic mass is 35.5. The Hall–Kier alpha value is -3.46. The Bertz CT molecular complexity index is 1100. The van der Waals surface area contributed by atoms with Gasteiger partial charge in [-0.15, -0.1) is 0 Å². The molecule has 1 saturated heterocycles. The van der Waals surface area contributed by atoms with Crippen molar-refractivity contribution in [3.05, 3.63) is 53.1 Å². The molecule has 0 saturated carbocycles. The number of phenolic OH excluding ortho intramolecular Hbond substituents is 1. The van der Waals surface area contributed by atoms with Crippen LogP contribution in [-0.4, -0.2) is 67.2 Å². The second kappa shape index (κ2) is 10.9. The summed E-state index contributed by atoms with van der Waals surface area (Å²) < 4.78 is 10.7. The van der Waals surface area contributed by atoms with E-state index in [2.05, 4.69) is 10.2 Å². The molecule has 2 aliphatic rings. The van der Waals surface area contributed by atoms with Crippen molar-refractivity contribution in [3.8, 4) is 11.5 Å². The number of hydrogen-bond acceptors (Lipinski definition) is 8. The van der Waals surface area contributed by atoms with Crippen molar-refractivity contribution in [2.24, 2.45) is 10.9 Å². The lowest BCUT2D eigenvalue weighted by atomic mass is 9.91. The van der Waals surface area contributed by atoms with Gasteiger partial charge in [-0.3, -0.25) is 14.9 Å². The van der Waals surface area contributed by atoms with Crippen LogP contribution in [0.2, 0.25) is 5.02 Å². The molecule has 1 fully saturated rings. The van der Waals surface area contributed by atoms with Crippen molar-refractivity contribution in [3.63, 3.8) is 0 Å². The highest BCUT2D eigenvalue weighted by Crippen LogP contribution is 2.36. The number of esters is 1. The van der Waals surface area contributed by atoms with Crippen LogP contribution in [-0.2, 0) is 14.3 Å². The predicted octanol–water partition coefficient (Wildman–Crippen LogP) is 2.97. The summed E-state index contributed by atoms with van der Waals surface area (Å²) in [4.78, 5) is 34.9. The van der Waals surface area contributed by atoms with Crippen LogP contribution in [0.1, 0.15) is 25.5 Å². The Labute approximate surface area is 209 Å². The number of carbonyl (C=O) groups is 2. The molecule has 186 valence electrons. The van der Waals surface area contributed by atoms with Gasteiger partial charge in [0.15, 0.2) is 17.4 Å². The van der Waals surface area contributed by atoms with E-state index in [0.717, 1.165) is 18.8 Å². The highest BCUT2D eigenvalue weighted by Gasteiger charge is 2.42. The van der Waals surface area contributed by atoms with Gasteiger partial charge in [-0.2, -0.15) is 0 Å². The summed E-state index contributed by atoms with van der Waals surface area (Å²) in [5.74, 6) is -1.59. The summed E-state index contributed by atoms with van der Waals surface area (Å²) in [7, 11) is 0. The van der Waals surface area contributed by atoms with E-state index in [1.807, 2.05) is 36.1 Å². The molecule has 0 unspecified atom stereocenters. The van der Waals surface area contributed by atoms with Crippen molar-refractivity contribution in [2.45, 2.75) is 19.9 Å². The number of halogens is 1. The van der Waals surface area contributed by atoms with Gasteiger partial charge in [0.25, 0.3) is 0 Å². The van der Waals surface area contributed by atoms with E-state index in [-0.39, 0.29) is 18.1 Å². The molecule has 2 aliphatic heterocycles. The zero-order chi connectivity index (χ0) is 24.9. The molecular weight excluding hydrogens is 472 g/mol. The Morgan fingerprint density at radius 1 is 1.09 bits per heavy atom. The van der Waals surface area contributed by atoms with Crippen molar-refractivity contribution >= 4 is 35.1 Å². The normalized spacial score (nSPS) is 20.2. The van der Waals surface area contributed by atoms with Gasteiger partial charge in [0, 0.05) is 36.9 Å². The number of carbonyl (C=O) groups excluding carboxylic acids is 2. The number of benzene rings is 2. The minimum atomic E-state index is -1.15. The smallest absolute Gasteiger partial charge is 0.321 e. The lowest BCUT2D eigenvalue weighted by molar-refractivity contribution is -0.153. The molecule has 1 amide bonds. The number of rotatable bonds is 6. The van der Waals surface area contributed by atoms with Gasteiger partial charge in [0.2, 0.25) is 11.9 Å². The zero-order valence-corrected chi connectivity index (χ0v) is 20.5. The standard InChI is InChI=1S/C25H29ClN4O5/c1-3-34-20-15-16(5-10-19(20)31)22-21(24(33)35-4-2)23(32)28-25(27-22)30-13-11-29(12-14-30)18-8-6-17(26)7-9-18/h5-10,15,21-22,31H,3-4,11-14H2,1-2H3,(H,27,28,32)/t21-,22-/m1/s1. The number of guanidine groups is 1. The molecule has 2 heterocycles. The third kappa shape index (κ3) is 5.45. The van der Waals surface area contributed by atoms with E-state index in [1.54, 1.807) is 19.1 Å². The first-order chi connectivity index (χ1) is 16.9. The van der Waals surface area contributed by atoms with Crippen LogP contribution in [0.15, 0.2) is 47.5 Å². The highest BCUT2D eigenvalue weighted by molar-refractivity contribution is 6.30. The summed E-state index contributed by atoms with van der Waals surface area (Å²) in [6, 6.07) is 11.6. The lowest BCUT2D eigenvalue weighted by Gasteiger charge is -2.39. The third-order valence-electron chi connectivity index (χ3n) is 6.03. The van der Waals surface area contributed by atoms with Crippen LogP contribution in [0.25, 0.3) is 0 Å². The molecule has 2 aromatic rings. The van der Waals surface area contributed by atoms with Gasteiger partial charge < -0.3 is 24.4 Å². The van der Waals surface area contributed by atoms with Crippen LogP contribution in [0.4, 0.5) is 5.69 Å². The number of amides is 1. The van der Waals surface area contributed by atoms with Gasteiger partial charge >= 0.3 is 5.97 Å². The monoisotopic (exact) mass is 500 g/mol. The SMILES string of the molecule is CCOC(=O)[C@H]1C(=O)NC(N2CCN(c3ccc(Cl)cc3)CC2)=N[C@@H]1c1ccc(O)c(OCC)c1. The van der Waals surface area contributed by atoms with E-state index >= 15 is 0 Å². The van der Waals surface area contributed by atoms with Gasteiger partial charge in [0.1, 0.15) is 6.04 Å². The molecule has 4 rings (SSSR count). The number of nitrogens with one attached hydrogen (secondary N) is 1. The molecule has 2 atom stereocenters. The Kier molecular flexibility index (Phi) is 7.65. The van der Waals surface area contributed by atoms with Crippen LogP contribution in [0, 0.1) is 5.92 Å². The fraction of sp³-hybridized carbons (Fsp3) is 0.400. The molecule has 2 N–H and O–H groups in total. The maximum absolute atomic E-state index is 13.1. The number of phenols is 1. The minimum absolute atomic E-state index is 0.0222. The number of piperazine rings is 1. The maximum Gasteiger partial charge on any atom is 0.321 e. The van der Waals surface area contributed by atoms with E-state index < -0.39 is 23.8 Å². The molecule has 0 radical (unpaired) electrons. The molecule has 0 aliphatic carbocycles. The fourth-order valence-electron chi connectivity index (χ4n) is 4.28. The zero-order valence-electron chi connectivity index (χ0n) is 19.7. The van der Waals surface area contributed by atoms with Crippen LogP contribution < -0.4 is 15.0 Å². The molecule has 10 heteroatoms. The quantitative estimate of drug-likeness (QED) is 0.464. The summed E-state index contributed by atoms with van der Waals surface area (Å²) in [5, 5.41) is 13.6. The van der Waals surface area contributed by atoms with E-state index in [0.29, 0.717) is 36.2 Å². The molecule has 0 aromatic heterocycles. The first-order valence-electron chi connectivity index (χ1n) is 11.7. The minimum Gasteiger partial charge on any atom is -0.504 e. The second-order valence-corrected chi connectivity index (χ2v) is 8.66. The summed E-state index contributed by atoms with van der Waals surface area (Å²) in [5.41, 5.74) is 1.66. The Morgan fingerprint density at radius 3 is 2.43 bits per heavy atom. The Balaban J connectivity index is 1.59. The fourth-order valence-corrected chi connectivity index (χ4v) is 4.41. The number of anilines is 1. The van der Waals surface area contributed by atoms with Gasteiger partial charge in [-0.05, 0) is 55.8 Å². The van der Waals surface area contributed by atoms with E-state index in [4.69, 9.17) is 26.1 Å². The number of hydrogen-bond donors (Lipinski definition) is 2. The van der Waals surface area contributed by atoms with Gasteiger partial charge in [-0.25, -0.2) is 4.99 Å². The van der Waals surface area contributed by atoms with Crippen molar-refractivity contribution in [1.82, 2.24) is 10.2 Å². The van der Waals surface area contributed by atoms with Crippen molar-refractivity contribution in [2.75, 3.05) is 44.3 Å². The number of ether oxygens (including phenoxy) is 2. The van der Waals surface area contributed by atoms with Crippen LogP contribution >= 0.6 is 11.6 Å². The van der Waals surface area contributed by atoms with Gasteiger partial charge in [0.05, 0.1) is 13.2 Å². The van der Waals surface area contributed by atoms with E-state index in [9.17, 15) is 14.7 Å². The molecule has 0 bridgehead atoms. The molecule has 2 aromatic carbocycles.